The van der Waals surface area contributed by atoms with E-state index in [1.165, 1.54) is 19.4 Å². The molecule has 0 aromatic rings. The molecular weight excluding hydrogens is 256 g/mol. The first-order chi connectivity index (χ1) is 9.02. The molecule has 1 heterocycles. The molecule has 1 saturated heterocycles. The summed E-state index contributed by atoms with van der Waals surface area (Å²) in [4.78, 5) is 6.85. The summed E-state index contributed by atoms with van der Waals surface area (Å²) in [6, 6.07) is 0.664. The highest BCUT2D eigenvalue weighted by Crippen LogP contribution is 2.19. The summed E-state index contributed by atoms with van der Waals surface area (Å²) in [5.41, 5.74) is 0. The molecular formula is C14H30N4S. The number of thioether (sulfide) groups is 1. The Morgan fingerprint density at radius 1 is 1.42 bits per heavy atom. The minimum Gasteiger partial charge on any atom is -0.355 e. The predicted octanol–water partition coefficient (Wildman–Crippen LogP) is 1.78. The fourth-order valence-corrected chi connectivity index (χ4v) is 2.56. The highest BCUT2D eigenvalue weighted by Gasteiger charge is 2.23. The monoisotopic (exact) mass is 286 g/mol. The standard InChI is InChI=1S/C14H30N4S/c1-6-18-9-7-8-12(18)10-16-13(15-4)17-11-14(2,3)19-5/h12H,6-11H2,1-5H3,(H2,15,16,17). The van der Waals surface area contributed by atoms with Gasteiger partial charge in [0.2, 0.25) is 0 Å². The van der Waals surface area contributed by atoms with Crippen molar-refractivity contribution in [2.24, 2.45) is 4.99 Å². The van der Waals surface area contributed by atoms with E-state index in [0.717, 1.165) is 25.6 Å². The number of likely N-dealkylation sites (N-methyl/N-ethyl adjacent to an activating group) is 1. The van der Waals surface area contributed by atoms with Gasteiger partial charge in [-0.25, -0.2) is 0 Å². The van der Waals surface area contributed by atoms with Crippen LogP contribution in [0, 0.1) is 0 Å². The van der Waals surface area contributed by atoms with Crippen LogP contribution in [-0.2, 0) is 0 Å². The highest BCUT2D eigenvalue weighted by atomic mass is 32.2. The van der Waals surface area contributed by atoms with Gasteiger partial charge in [0.05, 0.1) is 0 Å². The molecule has 0 spiro atoms. The lowest BCUT2D eigenvalue weighted by Crippen LogP contribution is -2.47. The van der Waals surface area contributed by atoms with E-state index in [1.807, 2.05) is 18.8 Å². The minimum atomic E-state index is 0.237. The Morgan fingerprint density at radius 3 is 2.74 bits per heavy atom. The quantitative estimate of drug-likeness (QED) is 0.577. The zero-order valence-corrected chi connectivity index (χ0v) is 13.9. The molecule has 0 bridgehead atoms. The van der Waals surface area contributed by atoms with Crippen LogP contribution in [0.25, 0.3) is 0 Å². The van der Waals surface area contributed by atoms with Crippen molar-refractivity contribution in [3.05, 3.63) is 0 Å². The lowest BCUT2D eigenvalue weighted by atomic mass is 10.2. The Labute approximate surface area is 122 Å². The van der Waals surface area contributed by atoms with Gasteiger partial charge < -0.3 is 10.6 Å². The Balaban J connectivity index is 2.33. The van der Waals surface area contributed by atoms with Gasteiger partial charge in [-0.15, -0.1) is 0 Å². The Morgan fingerprint density at radius 2 is 2.16 bits per heavy atom. The maximum absolute atomic E-state index is 4.30. The van der Waals surface area contributed by atoms with Gasteiger partial charge in [0.25, 0.3) is 0 Å². The fraction of sp³-hybridized carbons (Fsp3) is 0.929. The van der Waals surface area contributed by atoms with E-state index in [0.29, 0.717) is 6.04 Å². The van der Waals surface area contributed by atoms with Crippen molar-refractivity contribution in [1.29, 1.82) is 0 Å². The van der Waals surface area contributed by atoms with Gasteiger partial charge >= 0.3 is 0 Å². The number of nitrogens with one attached hydrogen (secondary N) is 2. The molecule has 19 heavy (non-hydrogen) atoms. The molecule has 4 nitrogen and oxygen atoms in total. The summed E-state index contributed by atoms with van der Waals surface area (Å²) in [6.45, 7) is 11.0. The molecule has 112 valence electrons. The van der Waals surface area contributed by atoms with Crippen LogP contribution in [0.2, 0.25) is 0 Å². The molecule has 0 radical (unpaired) electrons. The molecule has 1 rings (SSSR count). The highest BCUT2D eigenvalue weighted by molar-refractivity contribution is 7.99. The van der Waals surface area contributed by atoms with E-state index >= 15 is 0 Å². The fourth-order valence-electron chi connectivity index (χ4n) is 2.35. The predicted molar refractivity (Wildman–Crippen MR) is 87.2 cm³/mol. The Hall–Kier alpha value is -0.420. The normalized spacial score (nSPS) is 21.7. The molecule has 1 atom stereocenters. The van der Waals surface area contributed by atoms with Crippen LogP contribution in [0.15, 0.2) is 4.99 Å². The van der Waals surface area contributed by atoms with Crippen molar-refractivity contribution in [3.63, 3.8) is 0 Å². The molecule has 0 saturated carbocycles. The lowest BCUT2D eigenvalue weighted by Gasteiger charge is -2.26. The lowest BCUT2D eigenvalue weighted by molar-refractivity contribution is 0.267. The van der Waals surface area contributed by atoms with E-state index < -0.39 is 0 Å². The number of likely N-dealkylation sites (tertiary alicyclic amines) is 1. The largest absolute Gasteiger partial charge is 0.355 e. The molecule has 2 N–H and O–H groups in total. The van der Waals surface area contributed by atoms with Crippen LogP contribution >= 0.6 is 11.8 Å². The molecule has 1 aliphatic heterocycles. The maximum Gasteiger partial charge on any atom is 0.191 e. The topological polar surface area (TPSA) is 39.7 Å². The molecule has 5 heteroatoms. The van der Waals surface area contributed by atoms with E-state index in [4.69, 9.17) is 0 Å². The average Bonchev–Trinajstić information content (AvgIpc) is 2.86. The van der Waals surface area contributed by atoms with Gasteiger partial charge in [-0.05, 0) is 46.0 Å². The van der Waals surface area contributed by atoms with Gasteiger partial charge in [-0.3, -0.25) is 9.89 Å². The molecule has 1 unspecified atom stereocenters. The maximum atomic E-state index is 4.30. The Kier molecular flexibility index (Phi) is 7.00. The van der Waals surface area contributed by atoms with Crippen LogP contribution in [0.4, 0.5) is 0 Å². The SMILES string of the molecule is CCN1CCCC1CNC(=NC)NCC(C)(C)SC. The third kappa shape index (κ3) is 5.61. The molecule has 0 amide bonds. The number of hydrogen-bond acceptors (Lipinski definition) is 3. The van der Waals surface area contributed by atoms with E-state index in [1.54, 1.807) is 0 Å². The third-order valence-electron chi connectivity index (χ3n) is 3.87. The van der Waals surface area contributed by atoms with Gasteiger partial charge in [-0.2, -0.15) is 11.8 Å². The summed E-state index contributed by atoms with van der Waals surface area (Å²) >= 11 is 1.87. The molecule has 0 aromatic heterocycles. The number of rotatable bonds is 6. The van der Waals surface area contributed by atoms with Crippen molar-refractivity contribution in [2.75, 3.05) is 39.5 Å². The van der Waals surface area contributed by atoms with Gasteiger partial charge in [0.15, 0.2) is 5.96 Å². The summed E-state index contributed by atoms with van der Waals surface area (Å²) in [6.07, 6.45) is 4.77. The summed E-state index contributed by atoms with van der Waals surface area (Å²) < 4.78 is 0.237. The molecule has 0 aromatic carbocycles. The van der Waals surface area contributed by atoms with Gasteiger partial charge in [0.1, 0.15) is 0 Å². The van der Waals surface area contributed by atoms with Crippen molar-refractivity contribution in [3.8, 4) is 0 Å². The van der Waals surface area contributed by atoms with Crippen molar-refractivity contribution >= 4 is 17.7 Å². The first kappa shape index (κ1) is 16.6. The molecule has 0 aliphatic carbocycles. The summed E-state index contributed by atoms with van der Waals surface area (Å²) in [7, 11) is 1.84. The Bertz CT molecular complexity index is 291. The van der Waals surface area contributed by atoms with Gasteiger partial charge in [-0.1, -0.05) is 6.92 Å². The molecule has 1 aliphatic rings. The van der Waals surface area contributed by atoms with Crippen LogP contribution in [0.3, 0.4) is 0 Å². The van der Waals surface area contributed by atoms with Crippen LogP contribution < -0.4 is 10.6 Å². The number of hydrogen-bond donors (Lipinski definition) is 2. The summed E-state index contributed by atoms with van der Waals surface area (Å²) in [5, 5.41) is 6.88. The smallest absolute Gasteiger partial charge is 0.191 e. The van der Waals surface area contributed by atoms with Crippen LogP contribution in [0.1, 0.15) is 33.6 Å². The van der Waals surface area contributed by atoms with E-state index in [-0.39, 0.29) is 4.75 Å². The van der Waals surface area contributed by atoms with Crippen molar-refractivity contribution in [2.45, 2.75) is 44.4 Å². The zero-order chi connectivity index (χ0) is 14.3. The first-order valence-corrected chi connectivity index (χ1v) is 8.48. The summed E-state index contributed by atoms with van der Waals surface area (Å²) in [5.74, 6) is 0.921. The molecule has 1 fully saturated rings. The van der Waals surface area contributed by atoms with Crippen molar-refractivity contribution in [1.82, 2.24) is 15.5 Å². The van der Waals surface area contributed by atoms with Gasteiger partial charge in [0, 0.05) is 30.9 Å². The third-order valence-corrected chi connectivity index (χ3v) is 5.12. The van der Waals surface area contributed by atoms with Crippen LogP contribution in [-0.4, -0.2) is 61.1 Å². The van der Waals surface area contributed by atoms with Crippen LogP contribution in [0.5, 0.6) is 0 Å². The second kappa shape index (κ2) is 8.00. The van der Waals surface area contributed by atoms with E-state index in [9.17, 15) is 0 Å². The minimum absolute atomic E-state index is 0.237. The first-order valence-electron chi connectivity index (χ1n) is 7.26. The number of guanidine groups is 1. The average molecular weight is 286 g/mol. The second-order valence-corrected chi connectivity index (χ2v) is 7.21. The second-order valence-electron chi connectivity index (χ2n) is 5.70. The van der Waals surface area contributed by atoms with Crippen molar-refractivity contribution < 1.29 is 0 Å². The van der Waals surface area contributed by atoms with E-state index in [2.05, 4.69) is 47.6 Å². The number of nitrogens with zero attached hydrogens (tertiary/aromatic N) is 2. The number of aliphatic imine (C=N–C) groups is 1. The zero-order valence-electron chi connectivity index (χ0n) is 13.1.